The van der Waals surface area contributed by atoms with Crippen molar-refractivity contribution >= 4 is 22.7 Å². The Kier molecular flexibility index (Phi) is 3.41. The van der Waals surface area contributed by atoms with Crippen LogP contribution in [0.15, 0.2) is 35.5 Å². The molecule has 0 amide bonds. The Morgan fingerprint density at radius 1 is 1.00 bits per heavy atom. The van der Waals surface area contributed by atoms with Crippen molar-refractivity contribution in [3.8, 4) is 0 Å². The molecular weight excluding hydrogens is 294 g/mol. The van der Waals surface area contributed by atoms with E-state index in [2.05, 4.69) is 34.9 Å². The van der Waals surface area contributed by atoms with Crippen LogP contribution in [0, 0.1) is 0 Å². The molecule has 1 fully saturated rings. The Hall–Kier alpha value is -2.90. The largest absolute Gasteiger partial charge is 0.354 e. The number of hydrogen-bond acceptors (Lipinski definition) is 6. The molecule has 0 radical (unpaired) electrons. The average molecular weight is 311 g/mol. The Morgan fingerprint density at radius 2 is 1.87 bits per heavy atom. The SMILES string of the molecule is O=c1ccc(N2CCCN(c3ncnc4[nH]ccc34)CC2)n[nH]1. The number of anilines is 2. The highest BCUT2D eigenvalue weighted by molar-refractivity contribution is 5.87. The number of nitrogens with one attached hydrogen (secondary N) is 2. The van der Waals surface area contributed by atoms with E-state index < -0.39 is 0 Å². The summed E-state index contributed by atoms with van der Waals surface area (Å²) in [6, 6.07) is 5.29. The minimum atomic E-state index is -0.180. The van der Waals surface area contributed by atoms with Crippen molar-refractivity contribution < 1.29 is 0 Å². The molecule has 1 saturated heterocycles. The number of hydrogen-bond donors (Lipinski definition) is 2. The van der Waals surface area contributed by atoms with E-state index in [4.69, 9.17) is 0 Å². The number of rotatable bonds is 2. The second kappa shape index (κ2) is 5.71. The van der Waals surface area contributed by atoms with E-state index in [0.717, 1.165) is 55.3 Å². The molecule has 0 atom stereocenters. The summed E-state index contributed by atoms with van der Waals surface area (Å²) in [4.78, 5) is 27.4. The van der Waals surface area contributed by atoms with Gasteiger partial charge < -0.3 is 14.8 Å². The Morgan fingerprint density at radius 3 is 2.74 bits per heavy atom. The van der Waals surface area contributed by atoms with Crippen LogP contribution in [0.4, 0.5) is 11.6 Å². The summed E-state index contributed by atoms with van der Waals surface area (Å²) in [5, 5.41) is 7.66. The maximum Gasteiger partial charge on any atom is 0.264 e. The zero-order valence-corrected chi connectivity index (χ0v) is 12.6. The maximum atomic E-state index is 11.1. The first-order valence-electron chi connectivity index (χ1n) is 7.65. The third-order valence-corrected chi connectivity index (χ3v) is 4.12. The molecule has 3 aromatic rings. The number of H-pyrrole nitrogens is 2. The molecule has 2 N–H and O–H groups in total. The van der Waals surface area contributed by atoms with Gasteiger partial charge in [-0.3, -0.25) is 4.79 Å². The summed E-state index contributed by atoms with van der Waals surface area (Å²) in [5.74, 6) is 1.77. The van der Waals surface area contributed by atoms with Gasteiger partial charge in [0, 0.05) is 38.4 Å². The Bertz CT molecular complexity index is 851. The molecule has 0 aliphatic carbocycles. The zero-order valence-electron chi connectivity index (χ0n) is 12.6. The molecule has 1 aliphatic heterocycles. The van der Waals surface area contributed by atoms with Crippen LogP contribution in [0.1, 0.15) is 6.42 Å². The molecule has 0 aromatic carbocycles. The second-order valence-electron chi connectivity index (χ2n) is 5.54. The molecule has 8 nitrogen and oxygen atoms in total. The summed E-state index contributed by atoms with van der Waals surface area (Å²) >= 11 is 0. The van der Waals surface area contributed by atoms with Crippen molar-refractivity contribution in [3.05, 3.63) is 41.1 Å². The molecule has 0 saturated carbocycles. The van der Waals surface area contributed by atoms with Crippen molar-refractivity contribution in [1.29, 1.82) is 0 Å². The van der Waals surface area contributed by atoms with Gasteiger partial charge in [0.2, 0.25) is 0 Å². The fourth-order valence-electron chi connectivity index (χ4n) is 2.98. The highest BCUT2D eigenvalue weighted by Crippen LogP contribution is 2.23. The standard InChI is InChI=1S/C15H17N7O/c23-13-3-2-12(19-20-13)21-6-1-7-22(9-8-21)15-11-4-5-16-14(11)17-10-18-15/h2-5,10H,1,6-9H2,(H,20,23)(H,16,17,18). The number of aromatic nitrogens is 5. The molecule has 118 valence electrons. The zero-order chi connectivity index (χ0) is 15.6. The summed E-state index contributed by atoms with van der Waals surface area (Å²) < 4.78 is 0. The van der Waals surface area contributed by atoms with Crippen molar-refractivity contribution in [2.75, 3.05) is 36.0 Å². The minimum Gasteiger partial charge on any atom is -0.354 e. The van der Waals surface area contributed by atoms with E-state index >= 15 is 0 Å². The van der Waals surface area contributed by atoms with Crippen molar-refractivity contribution in [2.24, 2.45) is 0 Å². The van der Waals surface area contributed by atoms with Crippen LogP contribution in [-0.4, -0.2) is 51.3 Å². The summed E-state index contributed by atoms with van der Waals surface area (Å²) in [6.07, 6.45) is 4.48. The molecule has 0 unspecified atom stereocenters. The monoisotopic (exact) mass is 311 g/mol. The third kappa shape index (κ3) is 2.63. The smallest absolute Gasteiger partial charge is 0.264 e. The van der Waals surface area contributed by atoms with Crippen LogP contribution in [-0.2, 0) is 0 Å². The molecule has 1 aliphatic rings. The van der Waals surface area contributed by atoms with E-state index in [9.17, 15) is 4.79 Å². The van der Waals surface area contributed by atoms with E-state index in [1.54, 1.807) is 12.4 Å². The lowest BCUT2D eigenvalue weighted by Gasteiger charge is -2.23. The molecular formula is C15H17N7O. The Labute approximate surface area is 132 Å². The van der Waals surface area contributed by atoms with E-state index in [-0.39, 0.29) is 5.56 Å². The highest BCUT2D eigenvalue weighted by atomic mass is 16.1. The van der Waals surface area contributed by atoms with Crippen LogP contribution in [0.25, 0.3) is 11.0 Å². The van der Waals surface area contributed by atoms with Crippen molar-refractivity contribution in [1.82, 2.24) is 25.1 Å². The first-order valence-corrected chi connectivity index (χ1v) is 7.65. The predicted molar refractivity (Wildman–Crippen MR) is 87.8 cm³/mol. The third-order valence-electron chi connectivity index (χ3n) is 4.12. The molecule has 0 bridgehead atoms. The molecule has 4 heterocycles. The van der Waals surface area contributed by atoms with Crippen LogP contribution < -0.4 is 15.4 Å². The van der Waals surface area contributed by atoms with Gasteiger partial charge in [0.05, 0.1) is 5.39 Å². The van der Waals surface area contributed by atoms with Crippen LogP contribution in [0.5, 0.6) is 0 Å². The van der Waals surface area contributed by atoms with Crippen LogP contribution in [0.2, 0.25) is 0 Å². The van der Waals surface area contributed by atoms with Gasteiger partial charge in [-0.25, -0.2) is 15.1 Å². The first-order chi connectivity index (χ1) is 11.3. The topological polar surface area (TPSA) is 93.8 Å². The van der Waals surface area contributed by atoms with E-state index in [0.29, 0.717) is 0 Å². The van der Waals surface area contributed by atoms with Gasteiger partial charge in [0.25, 0.3) is 5.56 Å². The Balaban J connectivity index is 1.56. The van der Waals surface area contributed by atoms with E-state index in [1.807, 2.05) is 12.3 Å². The van der Waals surface area contributed by atoms with Crippen LogP contribution >= 0.6 is 0 Å². The van der Waals surface area contributed by atoms with Crippen LogP contribution in [0.3, 0.4) is 0 Å². The number of nitrogens with zero attached hydrogens (tertiary/aromatic N) is 5. The molecule has 0 spiro atoms. The quantitative estimate of drug-likeness (QED) is 0.725. The normalized spacial score (nSPS) is 15.8. The number of aromatic amines is 2. The first kappa shape index (κ1) is 13.7. The van der Waals surface area contributed by atoms with Gasteiger partial charge in [0.15, 0.2) is 0 Å². The fraction of sp³-hybridized carbons (Fsp3) is 0.333. The van der Waals surface area contributed by atoms with Gasteiger partial charge in [0.1, 0.15) is 23.6 Å². The van der Waals surface area contributed by atoms with Gasteiger partial charge in [-0.2, -0.15) is 5.10 Å². The van der Waals surface area contributed by atoms with E-state index in [1.165, 1.54) is 6.07 Å². The molecule has 3 aromatic heterocycles. The molecule has 23 heavy (non-hydrogen) atoms. The average Bonchev–Trinajstić information content (AvgIpc) is 2.93. The lowest BCUT2D eigenvalue weighted by Crippen LogP contribution is -2.32. The highest BCUT2D eigenvalue weighted by Gasteiger charge is 2.19. The fourth-order valence-corrected chi connectivity index (χ4v) is 2.98. The van der Waals surface area contributed by atoms with Gasteiger partial charge in [-0.1, -0.05) is 0 Å². The maximum absolute atomic E-state index is 11.1. The summed E-state index contributed by atoms with van der Waals surface area (Å²) in [6.45, 7) is 3.50. The number of fused-ring (bicyclic) bond motifs is 1. The summed E-state index contributed by atoms with van der Waals surface area (Å²) in [5.41, 5.74) is 0.680. The predicted octanol–water partition coefficient (Wildman–Crippen LogP) is 0.758. The van der Waals surface area contributed by atoms with Crippen molar-refractivity contribution in [3.63, 3.8) is 0 Å². The summed E-state index contributed by atoms with van der Waals surface area (Å²) in [7, 11) is 0. The molecule has 8 heteroatoms. The van der Waals surface area contributed by atoms with Gasteiger partial charge in [-0.15, -0.1) is 0 Å². The lowest BCUT2D eigenvalue weighted by molar-refractivity contribution is 0.782. The van der Waals surface area contributed by atoms with Crippen molar-refractivity contribution in [2.45, 2.75) is 6.42 Å². The van der Waals surface area contributed by atoms with Gasteiger partial charge in [-0.05, 0) is 18.6 Å². The second-order valence-corrected chi connectivity index (χ2v) is 5.54. The lowest BCUT2D eigenvalue weighted by atomic mass is 10.3. The van der Waals surface area contributed by atoms with Gasteiger partial charge >= 0.3 is 0 Å². The minimum absolute atomic E-state index is 0.180. The molecule has 4 rings (SSSR count).